The number of pyridine rings is 1. The molecule has 124 valence electrons. The normalized spacial score (nSPS) is 11.2. The van der Waals surface area contributed by atoms with Gasteiger partial charge in [0.15, 0.2) is 0 Å². The zero-order valence-electron chi connectivity index (χ0n) is 12.7. The van der Waals surface area contributed by atoms with Gasteiger partial charge in [-0.05, 0) is 48.2 Å². The van der Waals surface area contributed by atoms with Gasteiger partial charge >= 0.3 is 0 Å². The van der Waals surface area contributed by atoms with Gasteiger partial charge in [0, 0.05) is 10.7 Å². The fourth-order valence-electron chi connectivity index (χ4n) is 1.97. The number of aryl methyl sites for hydroxylation is 1. The summed E-state index contributed by atoms with van der Waals surface area (Å²) >= 11 is 7.25. The van der Waals surface area contributed by atoms with Gasteiger partial charge < -0.3 is 5.32 Å². The van der Waals surface area contributed by atoms with E-state index in [9.17, 15) is 8.42 Å². The molecule has 3 rings (SSSR count). The largest absolute Gasteiger partial charge is 0.354 e. The second-order valence-corrected chi connectivity index (χ2v) is 8.32. The van der Waals surface area contributed by atoms with Gasteiger partial charge in [-0.15, -0.1) is 11.3 Å². The number of halogens is 1. The minimum absolute atomic E-state index is 0.251. The Kier molecular flexibility index (Phi) is 4.75. The zero-order valence-corrected chi connectivity index (χ0v) is 15.0. The van der Waals surface area contributed by atoms with Gasteiger partial charge in [0.05, 0.1) is 11.9 Å². The van der Waals surface area contributed by atoms with Gasteiger partial charge in [-0.3, -0.25) is 4.72 Å². The second-order valence-electron chi connectivity index (χ2n) is 5.06. The van der Waals surface area contributed by atoms with E-state index in [0.29, 0.717) is 5.02 Å². The Morgan fingerprint density at radius 2 is 1.92 bits per heavy atom. The Morgan fingerprint density at radius 1 is 1.12 bits per heavy atom. The molecular formula is C16H14ClN3O2S2. The van der Waals surface area contributed by atoms with Crippen LogP contribution in [-0.2, 0) is 10.0 Å². The molecule has 0 aliphatic heterocycles. The number of thiophene rings is 1. The molecule has 0 bridgehead atoms. The van der Waals surface area contributed by atoms with Gasteiger partial charge in [-0.2, -0.15) is 0 Å². The van der Waals surface area contributed by atoms with Crippen LogP contribution in [0.5, 0.6) is 0 Å². The lowest BCUT2D eigenvalue weighted by molar-refractivity contribution is 0.603. The number of sulfonamides is 1. The second kappa shape index (κ2) is 6.80. The predicted molar refractivity (Wildman–Crippen MR) is 98.8 cm³/mol. The fourth-order valence-corrected chi connectivity index (χ4v) is 4.15. The van der Waals surface area contributed by atoms with Crippen molar-refractivity contribution in [3.8, 4) is 0 Å². The fraction of sp³-hybridized carbons (Fsp3) is 0.0625. The molecule has 2 heterocycles. The summed E-state index contributed by atoms with van der Waals surface area (Å²) in [6, 6.07) is 12.2. The lowest BCUT2D eigenvalue weighted by Crippen LogP contribution is -2.12. The first-order valence-corrected chi connectivity index (χ1v) is 9.74. The molecule has 0 aliphatic rings. The number of benzene rings is 1. The smallest absolute Gasteiger partial charge is 0.272 e. The van der Waals surface area contributed by atoms with Crippen LogP contribution in [-0.4, -0.2) is 13.4 Å². The lowest BCUT2D eigenvalue weighted by atomic mass is 10.2. The van der Waals surface area contributed by atoms with E-state index in [4.69, 9.17) is 11.6 Å². The van der Waals surface area contributed by atoms with Crippen molar-refractivity contribution in [2.24, 2.45) is 0 Å². The molecule has 2 aromatic heterocycles. The van der Waals surface area contributed by atoms with E-state index in [1.165, 1.54) is 0 Å². The standard InChI is InChI=1S/C16H14ClN3O2S2/c1-11-4-5-12(9-14(11)17)19-13-6-7-15(18-10-13)20-24(21,22)16-3-2-8-23-16/h2-10,19H,1H3,(H,18,20). The Bertz CT molecular complexity index is 940. The van der Waals surface area contributed by atoms with E-state index in [1.54, 1.807) is 35.8 Å². The summed E-state index contributed by atoms with van der Waals surface area (Å²) in [5, 5.41) is 5.55. The van der Waals surface area contributed by atoms with Crippen molar-refractivity contribution < 1.29 is 8.42 Å². The molecule has 1 aromatic carbocycles. The van der Waals surface area contributed by atoms with Crippen molar-refractivity contribution in [1.29, 1.82) is 0 Å². The highest BCUT2D eigenvalue weighted by molar-refractivity contribution is 7.94. The molecule has 8 heteroatoms. The summed E-state index contributed by atoms with van der Waals surface area (Å²) in [5.41, 5.74) is 2.56. The summed E-state index contributed by atoms with van der Waals surface area (Å²) in [6.45, 7) is 1.93. The molecule has 0 unspecified atom stereocenters. The zero-order chi connectivity index (χ0) is 17.2. The number of nitrogens with zero attached hydrogens (tertiary/aromatic N) is 1. The molecule has 0 atom stereocenters. The van der Waals surface area contributed by atoms with Gasteiger partial charge in [0.25, 0.3) is 10.0 Å². The Hall–Kier alpha value is -2.09. The van der Waals surface area contributed by atoms with Crippen molar-refractivity contribution in [1.82, 2.24) is 4.98 Å². The average molecular weight is 380 g/mol. The summed E-state index contributed by atoms with van der Waals surface area (Å²) in [4.78, 5) is 4.13. The minimum atomic E-state index is -3.58. The molecule has 0 saturated heterocycles. The number of hydrogen-bond acceptors (Lipinski definition) is 5. The van der Waals surface area contributed by atoms with Crippen LogP contribution in [0.2, 0.25) is 5.02 Å². The molecular weight excluding hydrogens is 366 g/mol. The topological polar surface area (TPSA) is 71.1 Å². The molecule has 0 amide bonds. The quantitative estimate of drug-likeness (QED) is 0.676. The van der Waals surface area contributed by atoms with E-state index in [0.717, 1.165) is 28.3 Å². The number of nitrogens with one attached hydrogen (secondary N) is 2. The SMILES string of the molecule is Cc1ccc(Nc2ccc(NS(=O)(=O)c3cccs3)nc2)cc1Cl. The van der Waals surface area contributed by atoms with Crippen LogP contribution in [0, 0.1) is 6.92 Å². The molecule has 2 N–H and O–H groups in total. The molecule has 5 nitrogen and oxygen atoms in total. The predicted octanol–water partition coefficient (Wildman–Crippen LogP) is 4.65. The first kappa shape index (κ1) is 16.8. The van der Waals surface area contributed by atoms with Crippen molar-refractivity contribution in [3.63, 3.8) is 0 Å². The van der Waals surface area contributed by atoms with Gasteiger partial charge in [-0.25, -0.2) is 13.4 Å². The Balaban J connectivity index is 1.72. The average Bonchev–Trinajstić information content (AvgIpc) is 3.08. The third kappa shape index (κ3) is 3.87. The van der Waals surface area contributed by atoms with E-state index < -0.39 is 10.0 Å². The third-order valence-electron chi connectivity index (χ3n) is 3.22. The molecule has 3 aromatic rings. The third-order valence-corrected chi connectivity index (χ3v) is 6.38. The van der Waals surface area contributed by atoms with Crippen molar-refractivity contribution >= 4 is 50.2 Å². The van der Waals surface area contributed by atoms with Crippen molar-refractivity contribution in [2.75, 3.05) is 10.0 Å². The Morgan fingerprint density at radius 3 is 2.54 bits per heavy atom. The van der Waals surface area contributed by atoms with Crippen LogP contribution in [0.1, 0.15) is 5.56 Å². The maximum atomic E-state index is 12.1. The number of rotatable bonds is 5. The molecule has 0 radical (unpaired) electrons. The van der Waals surface area contributed by atoms with E-state index in [2.05, 4.69) is 15.0 Å². The summed E-state index contributed by atoms with van der Waals surface area (Å²) in [7, 11) is -3.58. The summed E-state index contributed by atoms with van der Waals surface area (Å²) in [6.07, 6.45) is 1.56. The van der Waals surface area contributed by atoms with Crippen LogP contribution in [0.3, 0.4) is 0 Å². The van der Waals surface area contributed by atoms with Gasteiger partial charge in [0.2, 0.25) is 0 Å². The molecule has 0 saturated carbocycles. The van der Waals surface area contributed by atoms with Crippen LogP contribution in [0.15, 0.2) is 58.3 Å². The highest BCUT2D eigenvalue weighted by Crippen LogP contribution is 2.24. The lowest BCUT2D eigenvalue weighted by Gasteiger charge is -2.09. The molecule has 0 fully saturated rings. The number of aromatic nitrogens is 1. The summed E-state index contributed by atoms with van der Waals surface area (Å²) in [5.74, 6) is 0.260. The summed E-state index contributed by atoms with van der Waals surface area (Å²) < 4.78 is 27.0. The number of hydrogen-bond donors (Lipinski definition) is 2. The minimum Gasteiger partial charge on any atom is -0.354 e. The highest BCUT2D eigenvalue weighted by atomic mass is 35.5. The van der Waals surface area contributed by atoms with Gasteiger partial charge in [-0.1, -0.05) is 23.7 Å². The van der Waals surface area contributed by atoms with Crippen LogP contribution in [0.25, 0.3) is 0 Å². The van der Waals surface area contributed by atoms with E-state index >= 15 is 0 Å². The monoisotopic (exact) mass is 379 g/mol. The Labute approximate surface area is 149 Å². The molecule has 24 heavy (non-hydrogen) atoms. The van der Waals surface area contributed by atoms with E-state index in [-0.39, 0.29) is 10.0 Å². The van der Waals surface area contributed by atoms with E-state index in [1.807, 2.05) is 25.1 Å². The van der Waals surface area contributed by atoms with Crippen molar-refractivity contribution in [3.05, 3.63) is 64.6 Å². The van der Waals surface area contributed by atoms with Crippen LogP contribution in [0.4, 0.5) is 17.2 Å². The van der Waals surface area contributed by atoms with Crippen LogP contribution >= 0.6 is 22.9 Å². The maximum absolute atomic E-state index is 12.1. The first-order valence-electron chi connectivity index (χ1n) is 6.99. The van der Waals surface area contributed by atoms with Crippen LogP contribution < -0.4 is 10.0 Å². The number of anilines is 3. The maximum Gasteiger partial charge on any atom is 0.272 e. The molecule has 0 aliphatic carbocycles. The first-order chi connectivity index (χ1) is 11.4. The van der Waals surface area contributed by atoms with Gasteiger partial charge in [0.1, 0.15) is 10.0 Å². The molecule has 0 spiro atoms. The highest BCUT2D eigenvalue weighted by Gasteiger charge is 2.15. The van der Waals surface area contributed by atoms with Crippen molar-refractivity contribution in [2.45, 2.75) is 11.1 Å².